The summed E-state index contributed by atoms with van der Waals surface area (Å²) in [6.45, 7) is 16.3. The number of allylic oxidation sites excluding steroid dienone is 4. The maximum atomic E-state index is 14.6. The lowest BCUT2D eigenvalue weighted by Gasteiger charge is -2.18. The molecular weight excluding hydrogens is 423 g/mol. The minimum Gasteiger partial charge on any atom is -0.489 e. The van der Waals surface area contributed by atoms with Crippen molar-refractivity contribution in [1.29, 1.82) is 0 Å². The van der Waals surface area contributed by atoms with Gasteiger partial charge in [-0.1, -0.05) is 37.8 Å². The first-order valence-electron chi connectivity index (χ1n) is 12.3. The fraction of sp³-hybridized carbons (Fsp3) is 0.419. The number of halogens is 1. The maximum absolute atomic E-state index is 14.6. The number of ether oxygens (including phenoxy) is 1. The van der Waals surface area contributed by atoms with Crippen LogP contribution in [0.4, 0.5) is 4.39 Å². The van der Waals surface area contributed by atoms with Crippen molar-refractivity contribution in [1.82, 2.24) is 0 Å². The molecule has 1 fully saturated rings. The van der Waals surface area contributed by atoms with E-state index in [9.17, 15) is 9.50 Å². The lowest BCUT2D eigenvalue weighted by Crippen LogP contribution is -2.19. The summed E-state index contributed by atoms with van der Waals surface area (Å²) in [5.74, 6) is 0.925. The molecule has 1 aliphatic rings. The fourth-order valence-electron chi connectivity index (χ4n) is 4.89. The molecule has 1 atom stereocenters. The van der Waals surface area contributed by atoms with Crippen LogP contribution in [0.1, 0.15) is 69.2 Å². The highest BCUT2D eigenvalue weighted by Crippen LogP contribution is 2.36. The zero-order valence-electron chi connectivity index (χ0n) is 21.6. The molecule has 0 spiro atoms. The second-order valence-corrected chi connectivity index (χ2v) is 10.5. The van der Waals surface area contributed by atoms with E-state index in [0.717, 1.165) is 41.5 Å². The molecule has 0 radical (unpaired) electrons. The fourth-order valence-corrected chi connectivity index (χ4v) is 4.89. The van der Waals surface area contributed by atoms with E-state index in [1.807, 2.05) is 32.1 Å². The molecule has 3 rings (SSSR count). The highest BCUT2D eigenvalue weighted by molar-refractivity contribution is 5.72. The number of hydrogen-bond acceptors (Lipinski definition) is 2. The Kier molecular flexibility index (Phi) is 8.20. The van der Waals surface area contributed by atoms with Gasteiger partial charge in [0.25, 0.3) is 0 Å². The summed E-state index contributed by atoms with van der Waals surface area (Å²) in [6.07, 6.45) is 7.79. The molecule has 1 N–H and O–H groups in total. The Bertz CT molecular complexity index is 1090. The van der Waals surface area contributed by atoms with E-state index in [1.54, 1.807) is 0 Å². The molecule has 34 heavy (non-hydrogen) atoms. The van der Waals surface area contributed by atoms with Crippen LogP contribution in [0.3, 0.4) is 0 Å². The van der Waals surface area contributed by atoms with Crippen LogP contribution in [-0.2, 0) is 17.8 Å². The van der Waals surface area contributed by atoms with E-state index in [1.165, 1.54) is 22.8 Å². The molecular formula is C31H39FO2. The van der Waals surface area contributed by atoms with Crippen molar-refractivity contribution in [2.75, 3.05) is 0 Å². The van der Waals surface area contributed by atoms with Gasteiger partial charge in [-0.05, 0) is 123 Å². The van der Waals surface area contributed by atoms with Gasteiger partial charge in [0, 0.05) is 5.56 Å². The van der Waals surface area contributed by atoms with Gasteiger partial charge in [0.15, 0.2) is 0 Å². The average molecular weight is 463 g/mol. The van der Waals surface area contributed by atoms with Gasteiger partial charge in [-0.25, -0.2) is 4.39 Å². The van der Waals surface area contributed by atoms with E-state index < -0.39 is 5.60 Å². The standard InChI is InChI=1S/C31H39FO2/c1-8-25-13-20(2)14-27(25)17-23(5)34-19-28-18-26(9-10-29(28)32)30-21(3)15-24(16-22(30)4)11-12-31(6,7)33/h8-10,15-18,20,33H,5,11-14,19H2,1-4,6-7H3/b25-8-,27-17-. The van der Waals surface area contributed by atoms with Crippen LogP contribution in [0.2, 0.25) is 0 Å². The Balaban J connectivity index is 1.77. The molecule has 1 unspecified atom stereocenters. The first kappa shape index (κ1) is 26.0. The third-order valence-electron chi connectivity index (χ3n) is 6.60. The number of hydrogen-bond donors (Lipinski definition) is 1. The van der Waals surface area contributed by atoms with E-state index in [0.29, 0.717) is 23.7 Å². The minimum atomic E-state index is -0.684. The summed E-state index contributed by atoms with van der Waals surface area (Å²) >= 11 is 0. The highest BCUT2D eigenvalue weighted by Gasteiger charge is 2.20. The molecule has 0 bridgehead atoms. The topological polar surface area (TPSA) is 29.5 Å². The van der Waals surface area contributed by atoms with Crippen molar-refractivity contribution >= 4 is 0 Å². The van der Waals surface area contributed by atoms with Gasteiger partial charge >= 0.3 is 0 Å². The smallest absolute Gasteiger partial charge is 0.129 e. The van der Waals surface area contributed by atoms with Gasteiger partial charge in [-0.2, -0.15) is 0 Å². The van der Waals surface area contributed by atoms with E-state index in [-0.39, 0.29) is 12.4 Å². The predicted octanol–water partition coefficient (Wildman–Crippen LogP) is 8.15. The molecule has 2 aromatic carbocycles. The number of aryl methyl sites for hydroxylation is 3. The van der Waals surface area contributed by atoms with Crippen LogP contribution >= 0.6 is 0 Å². The van der Waals surface area contributed by atoms with Gasteiger partial charge < -0.3 is 9.84 Å². The van der Waals surface area contributed by atoms with Crippen LogP contribution in [-0.4, -0.2) is 10.7 Å². The Morgan fingerprint density at radius 1 is 1.15 bits per heavy atom. The van der Waals surface area contributed by atoms with Gasteiger partial charge in [-0.3, -0.25) is 0 Å². The molecule has 182 valence electrons. The number of benzene rings is 2. The monoisotopic (exact) mass is 462 g/mol. The lowest BCUT2D eigenvalue weighted by molar-refractivity contribution is 0.0714. The molecule has 0 aromatic heterocycles. The van der Waals surface area contributed by atoms with Crippen molar-refractivity contribution < 1.29 is 14.2 Å². The van der Waals surface area contributed by atoms with Crippen molar-refractivity contribution in [3.05, 3.63) is 94.0 Å². The Morgan fingerprint density at radius 2 is 1.79 bits per heavy atom. The average Bonchev–Trinajstić information content (AvgIpc) is 3.10. The zero-order chi connectivity index (χ0) is 25.0. The van der Waals surface area contributed by atoms with Gasteiger partial charge in [-0.15, -0.1) is 0 Å². The normalized spacial score (nSPS) is 18.6. The van der Waals surface area contributed by atoms with Crippen LogP contribution in [0.5, 0.6) is 0 Å². The summed E-state index contributed by atoms with van der Waals surface area (Å²) in [4.78, 5) is 0. The summed E-state index contributed by atoms with van der Waals surface area (Å²) in [6, 6.07) is 9.58. The zero-order valence-corrected chi connectivity index (χ0v) is 21.6. The van der Waals surface area contributed by atoms with Crippen molar-refractivity contribution in [3.63, 3.8) is 0 Å². The summed E-state index contributed by atoms with van der Waals surface area (Å²) < 4.78 is 20.5. The highest BCUT2D eigenvalue weighted by atomic mass is 19.1. The van der Waals surface area contributed by atoms with Crippen LogP contribution in [0.25, 0.3) is 11.1 Å². The van der Waals surface area contributed by atoms with Crippen LogP contribution in [0, 0.1) is 25.6 Å². The SMILES string of the molecule is C=C(/C=C1/CC(C)C/C1=C/C)OCc1cc(-c2c(C)cc(CCC(C)(C)O)cc2C)ccc1F. The molecule has 2 aromatic rings. The third kappa shape index (κ3) is 6.70. The molecule has 0 saturated heterocycles. The van der Waals surface area contributed by atoms with Gasteiger partial charge in [0.05, 0.1) is 5.60 Å². The molecule has 0 heterocycles. The van der Waals surface area contributed by atoms with Crippen molar-refractivity contribution in [2.45, 2.75) is 79.4 Å². The largest absolute Gasteiger partial charge is 0.489 e. The molecule has 1 saturated carbocycles. The third-order valence-corrected chi connectivity index (χ3v) is 6.60. The summed E-state index contributed by atoms with van der Waals surface area (Å²) in [5, 5.41) is 10.1. The van der Waals surface area contributed by atoms with Crippen LogP contribution < -0.4 is 0 Å². The van der Waals surface area contributed by atoms with E-state index in [2.05, 4.69) is 52.5 Å². The maximum Gasteiger partial charge on any atom is 0.129 e. The van der Waals surface area contributed by atoms with Crippen molar-refractivity contribution in [2.24, 2.45) is 5.92 Å². The second-order valence-electron chi connectivity index (χ2n) is 10.5. The van der Waals surface area contributed by atoms with Crippen molar-refractivity contribution in [3.8, 4) is 11.1 Å². The molecule has 3 heteroatoms. The molecule has 0 amide bonds. The second kappa shape index (κ2) is 10.7. The lowest BCUT2D eigenvalue weighted by atomic mass is 9.90. The predicted molar refractivity (Wildman–Crippen MR) is 140 cm³/mol. The Morgan fingerprint density at radius 3 is 2.41 bits per heavy atom. The Labute approximate surface area is 204 Å². The van der Waals surface area contributed by atoms with Gasteiger partial charge in [0.2, 0.25) is 0 Å². The summed E-state index contributed by atoms with van der Waals surface area (Å²) in [7, 11) is 0. The number of rotatable bonds is 8. The minimum absolute atomic E-state index is 0.144. The Hall–Kier alpha value is -2.65. The molecule has 2 nitrogen and oxygen atoms in total. The number of aliphatic hydroxyl groups is 1. The van der Waals surface area contributed by atoms with E-state index >= 15 is 0 Å². The molecule has 1 aliphatic carbocycles. The first-order valence-corrected chi connectivity index (χ1v) is 12.3. The molecule has 0 aliphatic heterocycles. The quantitative estimate of drug-likeness (QED) is 0.401. The van der Waals surface area contributed by atoms with Gasteiger partial charge in [0.1, 0.15) is 18.2 Å². The van der Waals surface area contributed by atoms with Crippen LogP contribution in [0.15, 0.2) is 66.0 Å². The summed E-state index contributed by atoms with van der Waals surface area (Å²) in [5.41, 5.74) is 8.05. The van der Waals surface area contributed by atoms with E-state index in [4.69, 9.17) is 4.74 Å². The first-order chi connectivity index (χ1) is 16.0.